The van der Waals surface area contributed by atoms with Gasteiger partial charge in [-0.1, -0.05) is 24.3 Å². The van der Waals surface area contributed by atoms with Gasteiger partial charge in [0.05, 0.1) is 11.7 Å². The van der Waals surface area contributed by atoms with Gasteiger partial charge in [-0.05, 0) is 36.1 Å². The third-order valence-electron chi connectivity index (χ3n) is 2.96. The maximum atomic E-state index is 13.6. The van der Waals surface area contributed by atoms with Crippen molar-refractivity contribution in [1.29, 1.82) is 0 Å². The molecule has 3 N–H and O–H groups in total. The van der Waals surface area contributed by atoms with Crippen LogP contribution in [0, 0.1) is 5.82 Å². The maximum Gasteiger partial charge on any atom is 0.146 e. The third kappa shape index (κ3) is 3.49. The molecule has 0 aliphatic heterocycles. The van der Waals surface area contributed by atoms with E-state index in [0.717, 1.165) is 5.56 Å². The van der Waals surface area contributed by atoms with Gasteiger partial charge in [0, 0.05) is 11.4 Å². The van der Waals surface area contributed by atoms with Crippen molar-refractivity contribution in [1.82, 2.24) is 0 Å². The molecule has 0 saturated carbocycles. The molecule has 0 aliphatic rings. The van der Waals surface area contributed by atoms with Crippen LogP contribution >= 0.6 is 11.8 Å². The quantitative estimate of drug-likeness (QED) is 0.818. The molecule has 4 heteroatoms. The van der Waals surface area contributed by atoms with Crippen LogP contribution in [0.3, 0.4) is 0 Å². The monoisotopic (exact) mass is 276 g/mol. The Hall–Kier alpha value is -1.52. The van der Waals surface area contributed by atoms with Crippen LogP contribution in [0.1, 0.15) is 11.6 Å². The van der Waals surface area contributed by atoms with Crippen molar-refractivity contribution in [2.45, 2.75) is 10.9 Å². The molecule has 0 aliphatic carbocycles. The summed E-state index contributed by atoms with van der Waals surface area (Å²) >= 11 is 1.69. The molecular formula is C15H17FN2S. The molecule has 2 nitrogen and oxygen atoms in total. The number of halogens is 1. The minimum atomic E-state index is -0.262. The van der Waals surface area contributed by atoms with Crippen molar-refractivity contribution in [2.75, 3.05) is 18.1 Å². The predicted octanol–water partition coefficient (Wildman–Crippen LogP) is 3.66. The second-order valence-corrected chi connectivity index (χ2v) is 5.07. The minimum Gasteiger partial charge on any atom is -0.375 e. The van der Waals surface area contributed by atoms with E-state index in [1.54, 1.807) is 30.0 Å². The van der Waals surface area contributed by atoms with E-state index in [2.05, 4.69) is 5.32 Å². The molecule has 0 fully saturated rings. The predicted molar refractivity (Wildman–Crippen MR) is 80.0 cm³/mol. The fourth-order valence-corrected chi connectivity index (χ4v) is 2.29. The average molecular weight is 276 g/mol. The van der Waals surface area contributed by atoms with Gasteiger partial charge >= 0.3 is 0 Å². The van der Waals surface area contributed by atoms with Gasteiger partial charge < -0.3 is 11.1 Å². The Kier molecular flexibility index (Phi) is 4.82. The van der Waals surface area contributed by atoms with Crippen LogP contribution < -0.4 is 11.1 Å². The zero-order valence-corrected chi connectivity index (χ0v) is 11.6. The standard InChI is InChI=1S/C15H17FN2S/c1-19-12-8-6-11(7-9-12)15(10-17)18-14-5-3-2-4-13(14)16/h2-9,15,18H,10,17H2,1H3. The zero-order valence-electron chi connectivity index (χ0n) is 10.8. The summed E-state index contributed by atoms with van der Waals surface area (Å²) in [6.45, 7) is 0.410. The summed E-state index contributed by atoms with van der Waals surface area (Å²) in [5, 5.41) is 3.14. The molecule has 100 valence electrons. The molecule has 0 spiro atoms. The Morgan fingerprint density at radius 2 is 1.84 bits per heavy atom. The van der Waals surface area contributed by atoms with Crippen LogP contribution in [-0.2, 0) is 0 Å². The van der Waals surface area contributed by atoms with E-state index in [4.69, 9.17) is 5.73 Å². The lowest BCUT2D eigenvalue weighted by atomic mass is 10.1. The van der Waals surface area contributed by atoms with Crippen LogP contribution in [-0.4, -0.2) is 12.8 Å². The van der Waals surface area contributed by atoms with E-state index in [0.29, 0.717) is 12.2 Å². The first-order valence-electron chi connectivity index (χ1n) is 6.09. The first-order chi connectivity index (χ1) is 9.24. The smallest absolute Gasteiger partial charge is 0.146 e. The van der Waals surface area contributed by atoms with Crippen molar-refractivity contribution in [3.8, 4) is 0 Å². The summed E-state index contributed by atoms with van der Waals surface area (Å²) in [7, 11) is 0. The molecule has 0 saturated heterocycles. The van der Waals surface area contributed by atoms with E-state index in [-0.39, 0.29) is 11.9 Å². The molecule has 0 heterocycles. The molecule has 1 unspecified atom stereocenters. The maximum absolute atomic E-state index is 13.6. The van der Waals surface area contributed by atoms with E-state index < -0.39 is 0 Å². The van der Waals surface area contributed by atoms with Crippen LogP contribution in [0.2, 0.25) is 0 Å². The Balaban J connectivity index is 2.17. The normalized spacial score (nSPS) is 12.2. The highest BCUT2D eigenvalue weighted by Crippen LogP contribution is 2.23. The Bertz CT molecular complexity index is 528. The fourth-order valence-electron chi connectivity index (χ4n) is 1.88. The minimum absolute atomic E-state index is 0.0900. The van der Waals surface area contributed by atoms with Gasteiger partial charge in [0.15, 0.2) is 0 Å². The molecule has 0 radical (unpaired) electrons. The number of hydrogen-bond acceptors (Lipinski definition) is 3. The summed E-state index contributed by atoms with van der Waals surface area (Å²) < 4.78 is 13.6. The lowest BCUT2D eigenvalue weighted by Crippen LogP contribution is -2.21. The number of thioether (sulfide) groups is 1. The highest BCUT2D eigenvalue weighted by Gasteiger charge is 2.11. The largest absolute Gasteiger partial charge is 0.375 e. The molecule has 0 aromatic heterocycles. The van der Waals surface area contributed by atoms with E-state index in [9.17, 15) is 4.39 Å². The lowest BCUT2D eigenvalue weighted by molar-refractivity contribution is 0.626. The number of anilines is 1. The first-order valence-corrected chi connectivity index (χ1v) is 7.32. The van der Waals surface area contributed by atoms with Crippen molar-refractivity contribution in [2.24, 2.45) is 5.73 Å². The summed E-state index contributed by atoms with van der Waals surface area (Å²) in [6, 6.07) is 14.7. The van der Waals surface area contributed by atoms with Crippen molar-refractivity contribution < 1.29 is 4.39 Å². The second-order valence-electron chi connectivity index (χ2n) is 4.19. The van der Waals surface area contributed by atoms with Gasteiger partial charge in [-0.15, -0.1) is 11.8 Å². The van der Waals surface area contributed by atoms with Gasteiger partial charge in [0.2, 0.25) is 0 Å². The first kappa shape index (κ1) is 13.9. The summed E-state index contributed by atoms with van der Waals surface area (Å²) in [5.41, 5.74) is 7.32. The van der Waals surface area contributed by atoms with Gasteiger partial charge in [-0.3, -0.25) is 0 Å². The molecule has 2 aromatic rings. The Morgan fingerprint density at radius 1 is 1.16 bits per heavy atom. The molecule has 2 rings (SSSR count). The fraction of sp³-hybridized carbons (Fsp3) is 0.200. The molecule has 2 aromatic carbocycles. The van der Waals surface area contributed by atoms with Crippen molar-refractivity contribution in [3.63, 3.8) is 0 Å². The molecule has 0 amide bonds. The molecular weight excluding hydrogens is 259 g/mol. The Morgan fingerprint density at radius 3 is 2.42 bits per heavy atom. The van der Waals surface area contributed by atoms with E-state index in [1.807, 2.05) is 30.5 Å². The number of nitrogens with two attached hydrogens (primary N) is 1. The zero-order chi connectivity index (χ0) is 13.7. The van der Waals surface area contributed by atoms with E-state index >= 15 is 0 Å². The topological polar surface area (TPSA) is 38.0 Å². The van der Waals surface area contributed by atoms with Gasteiger partial charge in [-0.2, -0.15) is 0 Å². The van der Waals surface area contributed by atoms with Gasteiger partial charge in [0.25, 0.3) is 0 Å². The molecule has 0 bridgehead atoms. The summed E-state index contributed by atoms with van der Waals surface area (Å²) in [6.07, 6.45) is 2.03. The van der Waals surface area contributed by atoms with Crippen molar-refractivity contribution in [3.05, 3.63) is 59.9 Å². The average Bonchev–Trinajstić information content (AvgIpc) is 2.47. The van der Waals surface area contributed by atoms with Crippen LogP contribution in [0.5, 0.6) is 0 Å². The van der Waals surface area contributed by atoms with E-state index in [1.165, 1.54) is 11.0 Å². The number of rotatable bonds is 5. The lowest BCUT2D eigenvalue weighted by Gasteiger charge is -2.19. The van der Waals surface area contributed by atoms with Gasteiger partial charge in [-0.25, -0.2) is 4.39 Å². The van der Waals surface area contributed by atoms with Crippen LogP contribution in [0.25, 0.3) is 0 Å². The highest BCUT2D eigenvalue weighted by molar-refractivity contribution is 7.98. The second kappa shape index (κ2) is 6.59. The number of para-hydroxylation sites is 1. The molecule has 1 atom stereocenters. The van der Waals surface area contributed by atoms with Crippen molar-refractivity contribution >= 4 is 17.4 Å². The number of nitrogens with one attached hydrogen (secondary N) is 1. The summed E-state index contributed by atoms with van der Waals surface area (Å²) in [5.74, 6) is -0.262. The highest BCUT2D eigenvalue weighted by atomic mass is 32.2. The SMILES string of the molecule is CSc1ccc(C(CN)Nc2ccccc2F)cc1. The molecule has 19 heavy (non-hydrogen) atoms. The summed E-state index contributed by atoms with van der Waals surface area (Å²) in [4.78, 5) is 1.20. The van der Waals surface area contributed by atoms with Crippen LogP contribution in [0.4, 0.5) is 10.1 Å². The number of hydrogen-bond donors (Lipinski definition) is 2. The van der Waals surface area contributed by atoms with Gasteiger partial charge in [0.1, 0.15) is 5.82 Å². The number of benzene rings is 2. The third-order valence-corrected chi connectivity index (χ3v) is 3.70. The van der Waals surface area contributed by atoms with Crippen LogP contribution in [0.15, 0.2) is 53.4 Å². The Labute approximate surface area is 117 Å².